The quantitative estimate of drug-likeness (QED) is 0.163. The van der Waals surface area contributed by atoms with Gasteiger partial charge in [-0.1, -0.05) is 71.9 Å². The Kier molecular flexibility index (Phi) is 7.49. The van der Waals surface area contributed by atoms with E-state index >= 15 is 0 Å². The number of nitrogens with zero attached hydrogens (tertiary/aromatic N) is 3. The minimum atomic E-state index is 0.0811. The molecule has 0 amide bonds. The van der Waals surface area contributed by atoms with Crippen LogP contribution < -0.4 is 0 Å². The first-order valence-corrected chi connectivity index (χ1v) is 8.95. The van der Waals surface area contributed by atoms with E-state index in [0.717, 1.165) is 22.6 Å². The first-order valence-electron chi connectivity index (χ1n) is 7.56. The number of hydrogen-bond donors (Lipinski definition) is 0. The Morgan fingerprint density at radius 2 is 1.79 bits per heavy atom. The van der Waals surface area contributed by atoms with Crippen LogP contribution in [-0.4, -0.2) is 22.3 Å². The molecule has 0 aliphatic heterocycles. The number of Topliss-reactive ketones (excluding diaryl/α,β-unsaturated/α-hetero) is 1. The number of benzene rings is 2. The standard InChI is InChI=1S/C18H17N3OS2/c19-21-20-12-4-5-14-8-10-16(11-9-14)18(23)24-13-17(22)15-6-2-1-3-7-15/h1-3,6-11H,4-5,12-13H2. The number of azide groups is 1. The van der Waals surface area contributed by atoms with Crippen LogP contribution in [0, 0.1) is 0 Å². The molecule has 0 aromatic heterocycles. The summed E-state index contributed by atoms with van der Waals surface area (Å²) in [5, 5.41) is 3.52. The van der Waals surface area contributed by atoms with Crippen LogP contribution in [0.1, 0.15) is 27.9 Å². The van der Waals surface area contributed by atoms with Gasteiger partial charge in [0.15, 0.2) is 5.78 Å². The van der Waals surface area contributed by atoms with Crippen LogP contribution in [0.4, 0.5) is 0 Å². The van der Waals surface area contributed by atoms with Gasteiger partial charge in [-0.15, -0.1) is 11.8 Å². The number of thiocarbonyl (C=S) groups is 1. The number of hydrogen-bond acceptors (Lipinski definition) is 4. The Hall–Kier alpha value is -2.14. The lowest BCUT2D eigenvalue weighted by molar-refractivity contribution is 0.102. The molecule has 2 rings (SSSR count). The van der Waals surface area contributed by atoms with E-state index in [4.69, 9.17) is 17.7 Å². The third-order valence-electron chi connectivity index (χ3n) is 3.41. The fourth-order valence-corrected chi connectivity index (χ4v) is 3.17. The smallest absolute Gasteiger partial charge is 0.173 e. The molecule has 2 aromatic rings. The first kappa shape index (κ1) is 18.2. The summed E-state index contributed by atoms with van der Waals surface area (Å²) in [7, 11) is 0. The molecule has 0 atom stereocenters. The van der Waals surface area contributed by atoms with E-state index < -0.39 is 0 Å². The van der Waals surface area contributed by atoms with Crippen LogP contribution in [0.2, 0.25) is 0 Å². The van der Waals surface area contributed by atoms with Gasteiger partial charge in [0.2, 0.25) is 0 Å². The minimum absolute atomic E-state index is 0.0811. The predicted molar refractivity (Wildman–Crippen MR) is 104 cm³/mol. The zero-order chi connectivity index (χ0) is 17.2. The molecule has 0 saturated heterocycles. The van der Waals surface area contributed by atoms with Crippen molar-refractivity contribution in [1.82, 2.24) is 0 Å². The highest BCUT2D eigenvalue weighted by Gasteiger charge is 2.08. The monoisotopic (exact) mass is 355 g/mol. The Morgan fingerprint density at radius 1 is 1.08 bits per heavy atom. The average Bonchev–Trinajstić information content (AvgIpc) is 2.64. The summed E-state index contributed by atoms with van der Waals surface area (Å²) in [6, 6.07) is 17.2. The molecule has 0 heterocycles. The van der Waals surface area contributed by atoms with Crippen molar-refractivity contribution in [2.45, 2.75) is 12.8 Å². The maximum Gasteiger partial charge on any atom is 0.173 e. The van der Waals surface area contributed by atoms with Crippen molar-refractivity contribution >= 4 is 34.0 Å². The molecule has 2 aromatic carbocycles. The topological polar surface area (TPSA) is 65.8 Å². The van der Waals surface area contributed by atoms with Gasteiger partial charge >= 0.3 is 0 Å². The van der Waals surface area contributed by atoms with Crippen molar-refractivity contribution in [2.75, 3.05) is 12.3 Å². The van der Waals surface area contributed by atoms with Gasteiger partial charge in [0.1, 0.15) is 0 Å². The van der Waals surface area contributed by atoms with E-state index in [1.165, 1.54) is 17.3 Å². The molecule has 0 fully saturated rings. The molecule has 122 valence electrons. The molecular formula is C18H17N3OS2. The number of rotatable bonds is 8. The van der Waals surface area contributed by atoms with Gasteiger partial charge in [-0.2, -0.15) is 0 Å². The van der Waals surface area contributed by atoms with E-state index in [-0.39, 0.29) is 5.78 Å². The van der Waals surface area contributed by atoms with Crippen molar-refractivity contribution in [1.29, 1.82) is 0 Å². The van der Waals surface area contributed by atoms with E-state index in [1.54, 1.807) is 0 Å². The van der Waals surface area contributed by atoms with Crippen LogP contribution in [0.5, 0.6) is 0 Å². The fraction of sp³-hybridized carbons (Fsp3) is 0.222. The minimum Gasteiger partial charge on any atom is -0.293 e. The fourth-order valence-electron chi connectivity index (χ4n) is 2.13. The molecule has 0 aliphatic carbocycles. The summed E-state index contributed by atoms with van der Waals surface area (Å²) in [4.78, 5) is 14.8. The van der Waals surface area contributed by atoms with Crippen LogP contribution in [0.25, 0.3) is 10.4 Å². The number of carbonyl (C=O) groups excluding carboxylic acids is 1. The zero-order valence-electron chi connectivity index (χ0n) is 13.1. The van der Waals surface area contributed by atoms with Gasteiger partial charge < -0.3 is 0 Å². The van der Waals surface area contributed by atoms with Crippen LogP contribution >= 0.6 is 24.0 Å². The molecule has 0 spiro atoms. The van der Waals surface area contributed by atoms with Crippen LogP contribution in [0.3, 0.4) is 0 Å². The summed E-state index contributed by atoms with van der Waals surface area (Å²) in [5.74, 6) is 0.425. The second-order valence-electron chi connectivity index (χ2n) is 5.12. The van der Waals surface area contributed by atoms with Crippen molar-refractivity contribution < 1.29 is 4.79 Å². The van der Waals surface area contributed by atoms with Crippen molar-refractivity contribution in [3.8, 4) is 0 Å². The molecular weight excluding hydrogens is 338 g/mol. The Bertz CT molecular complexity index is 739. The number of aryl methyl sites for hydroxylation is 1. The first-order chi connectivity index (χ1) is 11.7. The SMILES string of the molecule is [N-]=[N+]=NCCCc1ccc(C(=S)SCC(=O)c2ccccc2)cc1. The summed E-state index contributed by atoms with van der Waals surface area (Å²) >= 11 is 6.80. The summed E-state index contributed by atoms with van der Waals surface area (Å²) in [6.45, 7) is 0.508. The molecule has 0 radical (unpaired) electrons. The summed E-state index contributed by atoms with van der Waals surface area (Å²) in [6.07, 6.45) is 1.69. The van der Waals surface area contributed by atoms with Gasteiger partial charge in [0, 0.05) is 17.0 Å². The van der Waals surface area contributed by atoms with Gasteiger partial charge in [-0.3, -0.25) is 4.79 Å². The lowest BCUT2D eigenvalue weighted by Gasteiger charge is -2.05. The Morgan fingerprint density at radius 3 is 2.46 bits per heavy atom. The maximum atomic E-state index is 12.1. The second kappa shape index (κ2) is 9.88. The lowest BCUT2D eigenvalue weighted by Crippen LogP contribution is -2.05. The Balaban J connectivity index is 1.84. The highest BCUT2D eigenvalue weighted by Crippen LogP contribution is 2.17. The van der Waals surface area contributed by atoms with Gasteiger partial charge in [-0.25, -0.2) is 0 Å². The zero-order valence-corrected chi connectivity index (χ0v) is 14.7. The maximum absolute atomic E-state index is 12.1. The average molecular weight is 355 g/mol. The van der Waals surface area contributed by atoms with E-state index in [0.29, 0.717) is 17.9 Å². The Labute approximate surface area is 150 Å². The molecule has 6 heteroatoms. The number of carbonyl (C=O) groups is 1. The van der Waals surface area contributed by atoms with Crippen molar-refractivity contribution in [3.05, 3.63) is 81.7 Å². The largest absolute Gasteiger partial charge is 0.293 e. The highest BCUT2D eigenvalue weighted by molar-refractivity contribution is 8.24. The van der Waals surface area contributed by atoms with Gasteiger partial charge in [-0.05, 0) is 29.5 Å². The summed E-state index contributed by atoms with van der Waals surface area (Å²) < 4.78 is 0.722. The predicted octanol–water partition coefficient (Wildman–Crippen LogP) is 5.22. The van der Waals surface area contributed by atoms with E-state index in [2.05, 4.69) is 10.0 Å². The number of ketones is 1. The molecule has 0 saturated carbocycles. The molecule has 0 unspecified atom stereocenters. The van der Waals surface area contributed by atoms with Crippen molar-refractivity contribution in [3.63, 3.8) is 0 Å². The number of thioether (sulfide) groups is 1. The molecule has 4 nitrogen and oxygen atoms in total. The molecule has 0 bridgehead atoms. The molecule has 0 aliphatic rings. The second-order valence-corrected chi connectivity index (χ2v) is 6.77. The molecule has 0 N–H and O–H groups in total. The van der Waals surface area contributed by atoms with Crippen molar-refractivity contribution in [2.24, 2.45) is 5.11 Å². The van der Waals surface area contributed by atoms with Crippen LogP contribution in [-0.2, 0) is 6.42 Å². The molecule has 24 heavy (non-hydrogen) atoms. The summed E-state index contributed by atoms with van der Waals surface area (Å²) in [5.41, 5.74) is 11.1. The van der Waals surface area contributed by atoms with E-state index in [1.807, 2.05) is 54.6 Å². The van der Waals surface area contributed by atoms with Gasteiger partial charge in [0.05, 0.1) is 9.95 Å². The lowest BCUT2D eigenvalue weighted by atomic mass is 10.1. The third-order valence-corrected chi connectivity index (χ3v) is 4.90. The third kappa shape index (κ3) is 5.81. The normalized spacial score (nSPS) is 10.0. The van der Waals surface area contributed by atoms with Gasteiger partial charge in [0.25, 0.3) is 0 Å². The van der Waals surface area contributed by atoms with E-state index in [9.17, 15) is 4.79 Å². The van der Waals surface area contributed by atoms with Crippen LogP contribution in [0.15, 0.2) is 59.7 Å². The highest BCUT2D eigenvalue weighted by atomic mass is 32.2.